The summed E-state index contributed by atoms with van der Waals surface area (Å²) in [7, 11) is 1.64. The zero-order chi connectivity index (χ0) is 19.2. The molecule has 3 unspecified atom stereocenters. The number of anilines is 1. The number of methoxy groups -OCH3 is 1. The van der Waals surface area contributed by atoms with Crippen molar-refractivity contribution in [1.82, 2.24) is 4.90 Å². The molecular formula is C22H34N2O3. The van der Waals surface area contributed by atoms with Gasteiger partial charge in [-0.25, -0.2) is 0 Å². The number of nitrogens with zero attached hydrogens (tertiary/aromatic N) is 1. The van der Waals surface area contributed by atoms with Crippen LogP contribution >= 0.6 is 0 Å². The third-order valence-electron chi connectivity index (χ3n) is 6.34. The van der Waals surface area contributed by atoms with Gasteiger partial charge in [0.25, 0.3) is 0 Å². The zero-order valence-corrected chi connectivity index (χ0v) is 17.0. The van der Waals surface area contributed by atoms with E-state index in [2.05, 4.69) is 24.1 Å². The number of ether oxygens (including phenoxy) is 2. The molecule has 1 N–H and O–H groups in total. The number of hydrogen-bond donors (Lipinski definition) is 1. The number of carbonyl (C=O) groups excluding carboxylic acids is 1. The minimum absolute atomic E-state index is 0.117. The summed E-state index contributed by atoms with van der Waals surface area (Å²) in [6.45, 7) is 7.79. The van der Waals surface area contributed by atoms with E-state index in [1.807, 2.05) is 18.2 Å². The Morgan fingerprint density at radius 3 is 2.63 bits per heavy atom. The summed E-state index contributed by atoms with van der Waals surface area (Å²) >= 11 is 0. The maximum absolute atomic E-state index is 12.5. The lowest BCUT2D eigenvalue weighted by molar-refractivity contribution is -0.117. The van der Waals surface area contributed by atoms with Gasteiger partial charge in [0.2, 0.25) is 5.91 Å². The number of nitrogens with one attached hydrogen (secondary N) is 1. The largest absolute Gasteiger partial charge is 0.493 e. The average molecular weight is 375 g/mol. The molecular weight excluding hydrogens is 340 g/mol. The van der Waals surface area contributed by atoms with Crippen molar-refractivity contribution in [3.8, 4) is 11.5 Å². The fourth-order valence-electron chi connectivity index (χ4n) is 4.77. The Balaban J connectivity index is 1.54. The molecule has 5 heteroatoms. The van der Waals surface area contributed by atoms with Crippen molar-refractivity contribution in [2.45, 2.75) is 46.0 Å². The van der Waals surface area contributed by atoms with Gasteiger partial charge in [0.1, 0.15) is 6.61 Å². The van der Waals surface area contributed by atoms with Crippen LogP contribution in [0.2, 0.25) is 0 Å². The summed E-state index contributed by atoms with van der Waals surface area (Å²) in [5, 5.41) is 3.06. The number of carbonyl (C=O) groups is 1. The maximum Gasteiger partial charge on any atom is 0.224 e. The Labute approximate surface area is 163 Å². The zero-order valence-electron chi connectivity index (χ0n) is 17.0. The van der Waals surface area contributed by atoms with Gasteiger partial charge in [0.05, 0.1) is 7.11 Å². The van der Waals surface area contributed by atoms with Crippen LogP contribution in [-0.2, 0) is 4.79 Å². The molecule has 0 aromatic heterocycles. The van der Waals surface area contributed by atoms with Gasteiger partial charge in [-0.1, -0.05) is 20.3 Å². The second-order valence-electron chi connectivity index (χ2n) is 7.93. The van der Waals surface area contributed by atoms with E-state index >= 15 is 0 Å². The highest BCUT2D eigenvalue weighted by molar-refractivity contribution is 5.91. The maximum atomic E-state index is 12.5. The Bertz CT molecular complexity index is 630. The van der Waals surface area contributed by atoms with Gasteiger partial charge < -0.3 is 19.7 Å². The molecule has 3 atom stereocenters. The molecule has 0 saturated heterocycles. The van der Waals surface area contributed by atoms with Crippen LogP contribution in [0.3, 0.4) is 0 Å². The first-order valence-corrected chi connectivity index (χ1v) is 10.5. The molecule has 1 amide bonds. The number of hydrogen-bond acceptors (Lipinski definition) is 4. The van der Waals surface area contributed by atoms with Crippen LogP contribution in [0.4, 0.5) is 5.69 Å². The third-order valence-corrected chi connectivity index (χ3v) is 6.34. The molecule has 0 aliphatic heterocycles. The first kappa shape index (κ1) is 20.0. The minimum Gasteiger partial charge on any atom is -0.493 e. The highest BCUT2D eigenvalue weighted by Crippen LogP contribution is 2.49. The molecule has 27 heavy (non-hydrogen) atoms. The molecule has 2 fully saturated rings. The van der Waals surface area contributed by atoms with Gasteiger partial charge in [-0.3, -0.25) is 4.79 Å². The van der Waals surface area contributed by atoms with Crippen LogP contribution in [0.1, 0.15) is 46.0 Å². The lowest BCUT2D eigenvalue weighted by Crippen LogP contribution is -2.28. The Hall–Kier alpha value is -1.75. The summed E-state index contributed by atoms with van der Waals surface area (Å²) < 4.78 is 11.3. The van der Waals surface area contributed by atoms with E-state index in [0.29, 0.717) is 30.4 Å². The first-order chi connectivity index (χ1) is 13.1. The van der Waals surface area contributed by atoms with E-state index in [9.17, 15) is 4.79 Å². The van der Waals surface area contributed by atoms with Crippen LogP contribution in [0.25, 0.3) is 0 Å². The lowest BCUT2D eigenvalue weighted by Gasteiger charge is -2.21. The molecule has 5 nitrogen and oxygen atoms in total. The highest BCUT2D eigenvalue weighted by Gasteiger charge is 2.40. The van der Waals surface area contributed by atoms with Crippen molar-refractivity contribution in [2.24, 2.45) is 17.8 Å². The molecule has 150 valence electrons. The number of fused-ring (bicyclic) bond motifs is 2. The topological polar surface area (TPSA) is 50.8 Å². The normalized spacial score (nSPS) is 23.6. The summed E-state index contributed by atoms with van der Waals surface area (Å²) in [5.74, 6) is 3.72. The van der Waals surface area contributed by atoms with Crippen molar-refractivity contribution in [2.75, 3.05) is 38.7 Å². The Morgan fingerprint density at radius 2 is 2.00 bits per heavy atom. The van der Waals surface area contributed by atoms with Gasteiger partial charge in [-0.2, -0.15) is 0 Å². The number of likely N-dealkylation sites (N-methyl/N-ethyl adjacent to an activating group) is 1. The van der Waals surface area contributed by atoms with Gasteiger partial charge >= 0.3 is 0 Å². The second kappa shape index (κ2) is 9.45. The quantitative estimate of drug-likeness (QED) is 0.667. The molecule has 2 aliphatic carbocycles. The molecule has 1 aromatic carbocycles. The van der Waals surface area contributed by atoms with Gasteiger partial charge in [0.15, 0.2) is 11.5 Å². The number of benzene rings is 1. The van der Waals surface area contributed by atoms with E-state index in [1.165, 1.54) is 25.7 Å². The van der Waals surface area contributed by atoms with Crippen LogP contribution in [0.5, 0.6) is 11.5 Å². The van der Waals surface area contributed by atoms with E-state index in [4.69, 9.17) is 9.47 Å². The van der Waals surface area contributed by atoms with Crippen LogP contribution in [0, 0.1) is 17.8 Å². The van der Waals surface area contributed by atoms with Crippen LogP contribution in [0.15, 0.2) is 18.2 Å². The monoisotopic (exact) mass is 374 g/mol. The Morgan fingerprint density at radius 1 is 1.19 bits per heavy atom. The van der Waals surface area contributed by atoms with E-state index < -0.39 is 0 Å². The molecule has 2 bridgehead atoms. The van der Waals surface area contributed by atoms with Crippen molar-refractivity contribution in [1.29, 1.82) is 0 Å². The molecule has 0 heterocycles. The van der Waals surface area contributed by atoms with Crippen molar-refractivity contribution in [3.05, 3.63) is 18.2 Å². The molecule has 0 spiro atoms. The summed E-state index contributed by atoms with van der Waals surface area (Å²) in [4.78, 5) is 14.8. The molecule has 2 saturated carbocycles. The van der Waals surface area contributed by atoms with E-state index in [0.717, 1.165) is 37.2 Å². The number of amides is 1. The third kappa shape index (κ3) is 5.16. The van der Waals surface area contributed by atoms with E-state index in [1.54, 1.807) is 7.11 Å². The van der Waals surface area contributed by atoms with Crippen LogP contribution < -0.4 is 14.8 Å². The van der Waals surface area contributed by atoms with E-state index in [-0.39, 0.29) is 5.91 Å². The smallest absolute Gasteiger partial charge is 0.224 e. The molecule has 1 aromatic rings. The summed E-state index contributed by atoms with van der Waals surface area (Å²) in [6, 6.07) is 5.62. The fourth-order valence-corrected chi connectivity index (χ4v) is 4.77. The average Bonchev–Trinajstić information content (AvgIpc) is 3.28. The van der Waals surface area contributed by atoms with Gasteiger partial charge in [-0.15, -0.1) is 0 Å². The predicted molar refractivity (Wildman–Crippen MR) is 108 cm³/mol. The van der Waals surface area contributed by atoms with Crippen molar-refractivity contribution in [3.63, 3.8) is 0 Å². The standard InChI is InChI=1S/C22H34N2O3/c1-4-24(5-2)10-11-27-21-15-19(8-9-20(21)26-3)23-22(25)14-18-13-16-6-7-17(18)12-16/h8-9,15-18H,4-7,10-14H2,1-3H3,(H,23,25). The predicted octanol–water partition coefficient (Wildman–Crippen LogP) is 4.18. The number of rotatable bonds is 10. The van der Waals surface area contributed by atoms with Gasteiger partial charge in [0, 0.05) is 24.7 Å². The molecule has 2 aliphatic rings. The Kier molecular flexibility index (Phi) is 7.00. The second-order valence-corrected chi connectivity index (χ2v) is 7.93. The van der Waals surface area contributed by atoms with Crippen molar-refractivity contribution < 1.29 is 14.3 Å². The van der Waals surface area contributed by atoms with Crippen LogP contribution in [-0.4, -0.2) is 44.2 Å². The SMILES string of the molecule is CCN(CC)CCOc1cc(NC(=O)CC2CC3CCC2C3)ccc1OC. The highest BCUT2D eigenvalue weighted by atomic mass is 16.5. The fraction of sp³-hybridized carbons (Fsp3) is 0.682. The molecule has 3 rings (SSSR count). The van der Waals surface area contributed by atoms with Gasteiger partial charge in [-0.05, 0) is 62.2 Å². The van der Waals surface area contributed by atoms with Crippen molar-refractivity contribution >= 4 is 11.6 Å². The summed E-state index contributed by atoms with van der Waals surface area (Å²) in [6.07, 6.45) is 5.90. The molecule has 0 radical (unpaired) electrons. The first-order valence-electron chi connectivity index (χ1n) is 10.5. The lowest BCUT2D eigenvalue weighted by atomic mass is 9.86. The minimum atomic E-state index is 0.117. The summed E-state index contributed by atoms with van der Waals surface area (Å²) in [5.41, 5.74) is 0.779.